The van der Waals surface area contributed by atoms with Gasteiger partial charge in [0.15, 0.2) is 0 Å². The van der Waals surface area contributed by atoms with Gasteiger partial charge in [0.1, 0.15) is 0 Å². The first-order valence-corrected chi connectivity index (χ1v) is 8.21. The van der Waals surface area contributed by atoms with E-state index in [0.717, 1.165) is 29.2 Å². The lowest BCUT2D eigenvalue weighted by Crippen LogP contribution is -2.28. The number of nitrogens with one attached hydrogen (secondary N) is 2. The van der Waals surface area contributed by atoms with E-state index in [1.807, 2.05) is 43.0 Å². The van der Waals surface area contributed by atoms with Gasteiger partial charge in [-0.2, -0.15) is 0 Å². The van der Waals surface area contributed by atoms with Gasteiger partial charge in [-0.05, 0) is 43.4 Å². The predicted molar refractivity (Wildman–Crippen MR) is 90.1 cm³/mol. The Hall–Kier alpha value is -2.08. The number of carbonyl (C=O) groups is 1. The number of aromatic nitrogens is 2. The summed E-state index contributed by atoms with van der Waals surface area (Å²) in [4.78, 5) is 21.4. The largest absolute Gasteiger partial charge is 0.332 e. The van der Waals surface area contributed by atoms with Crippen LogP contribution in [0, 0.1) is 6.92 Å². The van der Waals surface area contributed by atoms with Crippen molar-refractivity contribution in [3.63, 3.8) is 0 Å². The second-order valence-corrected chi connectivity index (χ2v) is 6.00. The Labute approximate surface area is 135 Å². The maximum atomic E-state index is 11.8. The molecule has 0 atom stereocenters. The number of carbonyl (C=O) groups excluding carboxylic acids is 1. The Morgan fingerprint density at radius 3 is 2.59 bits per heavy atom. The molecule has 5 nitrogen and oxygen atoms in total. The van der Waals surface area contributed by atoms with Crippen LogP contribution in [-0.2, 0) is 6.54 Å². The first-order chi connectivity index (χ1) is 10.7. The second kappa shape index (κ2) is 8.38. The SMILES string of the molecule is CCCSc1ccc(NC(=O)NCc2cnc(C)cn2)cc1. The van der Waals surface area contributed by atoms with Gasteiger partial charge in [0, 0.05) is 16.8 Å². The lowest BCUT2D eigenvalue weighted by atomic mass is 10.3. The van der Waals surface area contributed by atoms with Crippen LogP contribution in [0.5, 0.6) is 0 Å². The molecule has 0 aliphatic heterocycles. The zero-order valence-electron chi connectivity index (χ0n) is 12.8. The van der Waals surface area contributed by atoms with Crippen LogP contribution in [0.3, 0.4) is 0 Å². The number of hydrogen-bond donors (Lipinski definition) is 2. The zero-order valence-corrected chi connectivity index (χ0v) is 13.6. The summed E-state index contributed by atoms with van der Waals surface area (Å²) in [5.74, 6) is 1.10. The normalized spacial score (nSPS) is 10.3. The first kappa shape index (κ1) is 16.3. The fraction of sp³-hybridized carbons (Fsp3) is 0.312. The number of nitrogens with zero attached hydrogens (tertiary/aromatic N) is 2. The third kappa shape index (κ3) is 5.37. The van der Waals surface area contributed by atoms with Gasteiger partial charge in [-0.25, -0.2) is 4.79 Å². The maximum absolute atomic E-state index is 11.8. The Balaban J connectivity index is 1.80. The molecule has 116 valence electrons. The van der Waals surface area contributed by atoms with Gasteiger partial charge in [0.25, 0.3) is 0 Å². The molecule has 0 saturated carbocycles. The van der Waals surface area contributed by atoms with E-state index in [2.05, 4.69) is 27.5 Å². The molecule has 0 fully saturated rings. The summed E-state index contributed by atoms with van der Waals surface area (Å²) < 4.78 is 0. The summed E-state index contributed by atoms with van der Waals surface area (Å²) in [6.07, 6.45) is 4.49. The van der Waals surface area contributed by atoms with E-state index in [1.54, 1.807) is 12.4 Å². The molecule has 0 aliphatic carbocycles. The summed E-state index contributed by atoms with van der Waals surface area (Å²) in [5.41, 5.74) is 2.36. The van der Waals surface area contributed by atoms with E-state index < -0.39 is 0 Å². The van der Waals surface area contributed by atoms with Crippen molar-refractivity contribution in [2.75, 3.05) is 11.1 Å². The molecule has 0 bridgehead atoms. The highest BCUT2D eigenvalue weighted by Gasteiger charge is 2.03. The standard InChI is InChI=1S/C16H20N4OS/c1-3-8-22-15-6-4-13(5-7-15)20-16(21)19-11-14-10-17-12(2)9-18-14/h4-7,9-10H,3,8,11H2,1-2H3,(H2,19,20,21). The van der Waals surface area contributed by atoms with Gasteiger partial charge in [-0.15, -0.1) is 11.8 Å². The van der Waals surface area contributed by atoms with Crippen molar-refractivity contribution in [2.24, 2.45) is 0 Å². The van der Waals surface area contributed by atoms with Crippen molar-refractivity contribution < 1.29 is 4.79 Å². The summed E-state index contributed by atoms with van der Waals surface area (Å²) in [6.45, 7) is 4.38. The van der Waals surface area contributed by atoms with Crippen LogP contribution in [0.25, 0.3) is 0 Å². The van der Waals surface area contributed by atoms with Crippen LogP contribution in [-0.4, -0.2) is 21.8 Å². The fourth-order valence-electron chi connectivity index (χ4n) is 1.71. The second-order valence-electron chi connectivity index (χ2n) is 4.83. The zero-order chi connectivity index (χ0) is 15.8. The van der Waals surface area contributed by atoms with Crippen molar-refractivity contribution in [1.29, 1.82) is 0 Å². The smallest absolute Gasteiger partial charge is 0.319 e. The van der Waals surface area contributed by atoms with E-state index in [4.69, 9.17) is 0 Å². The summed E-state index contributed by atoms with van der Waals surface area (Å²) >= 11 is 1.81. The molecule has 1 aromatic carbocycles. The summed E-state index contributed by atoms with van der Waals surface area (Å²) in [5, 5.41) is 5.56. The van der Waals surface area contributed by atoms with Crippen LogP contribution in [0.1, 0.15) is 24.7 Å². The Bertz CT molecular complexity index is 599. The number of aryl methyl sites for hydroxylation is 1. The molecule has 1 heterocycles. The summed E-state index contributed by atoms with van der Waals surface area (Å²) in [6, 6.07) is 7.59. The Kier molecular flexibility index (Phi) is 6.21. The Morgan fingerprint density at radius 1 is 1.18 bits per heavy atom. The molecule has 2 aromatic rings. The molecule has 0 spiro atoms. The highest BCUT2D eigenvalue weighted by Crippen LogP contribution is 2.20. The van der Waals surface area contributed by atoms with Crippen LogP contribution in [0.4, 0.5) is 10.5 Å². The molecule has 0 radical (unpaired) electrons. The predicted octanol–water partition coefficient (Wildman–Crippen LogP) is 3.61. The lowest BCUT2D eigenvalue weighted by molar-refractivity contribution is 0.251. The van der Waals surface area contributed by atoms with Gasteiger partial charge < -0.3 is 10.6 Å². The average molecular weight is 316 g/mol. The van der Waals surface area contributed by atoms with Gasteiger partial charge >= 0.3 is 6.03 Å². The number of hydrogen-bond acceptors (Lipinski definition) is 4. The van der Waals surface area contributed by atoms with E-state index >= 15 is 0 Å². The average Bonchev–Trinajstić information content (AvgIpc) is 2.54. The molecule has 22 heavy (non-hydrogen) atoms. The molecule has 0 unspecified atom stereocenters. The summed E-state index contributed by atoms with van der Waals surface area (Å²) in [7, 11) is 0. The van der Waals surface area contributed by atoms with Crippen molar-refractivity contribution in [3.05, 3.63) is 48.0 Å². The minimum atomic E-state index is -0.253. The number of benzene rings is 1. The monoisotopic (exact) mass is 316 g/mol. The number of rotatable bonds is 6. The number of amides is 2. The molecular weight excluding hydrogens is 296 g/mol. The fourth-order valence-corrected chi connectivity index (χ4v) is 2.48. The van der Waals surface area contributed by atoms with Crippen LogP contribution < -0.4 is 10.6 Å². The molecule has 2 rings (SSSR count). The number of anilines is 1. The highest BCUT2D eigenvalue weighted by molar-refractivity contribution is 7.99. The molecule has 2 N–H and O–H groups in total. The molecule has 2 amide bonds. The number of thioether (sulfide) groups is 1. The van der Waals surface area contributed by atoms with Crippen molar-refractivity contribution in [1.82, 2.24) is 15.3 Å². The van der Waals surface area contributed by atoms with E-state index in [9.17, 15) is 4.79 Å². The van der Waals surface area contributed by atoms with Crippen LogP contribution in [0.2, 0.25) is 0 Å². The van der Waals surface area contributed by atoms with Crippen LogP contribution in [0.15, 0.2) is 41.6 Å². The van der Waals surface area contributed by atoms with Gasteiger partial charge in [0.2, 0.25) is 0 Å². The van der Waals surface area contributed by atoms with Crippen molar-refractivity contribution >= 4 is 23.5 Å². The third-order valence-electron chi connectivity index (χ3n) is 2.85. The molecule has 0 saturated heterocycles. The van der Waals surface area contributed by atoms with Gasteiger partial charge in [-0.3, -0.25) is 9.97 Å². The topological polar surface area (TPSA) is 66.9 Å². The first-order valence-electron chi connectivity index (χ1n) is 7.22. The maximum Gasteiger partial charge on any atom is 0.319 e. The minimum absolute atomic E-state index is 0.253. The lowest BCUT2D eigenvalue weighted by Gasteiger charge is -2.08. The minimum Gasteiger partial charge on any atom is -0.332 e. The van der Waals surface area contributed by atoms with E-state index in [0.29, 0.717) is 6.54 Å². The van der Waals surface area contributed by atoms with Gasteiger partial charge in [-0.1, -0.05) is 6.92 Å². The quantitative estimate of drug-likeness (QED) is 0.799. The molecular formula is C16H20N4OS. The van der Waals surface area contributed by atoms with Crippen molar-refractivity contribution in [3.8, 4) is 0 Å². The number of urea groups is 1. The molecule has 1 aromatic heterocycles. The third-order valence-corrected chi connectivity index (χ3v) is 4.07. The van der Waals surface area contributed by atoms with E-state index in [-0.39, 0.29) is 6.03 Å². The van der Waals surface area contributed by atoms with E-state index in [1.165, 1.54) is 4.90 Å². The molecule has 6 heteroatoms. The molecule has 0 aliphatic rings. The van der Waals surface area contributed by atoms with Crippen molar-refractivity contribution in [2.45, 2.75) is 31.7 Å². The highest BCUT2D eigenvalue weighted by atomic mass is 32.2. The Morgan fingerprint density at radius 2 is 1.95 bits per heavy atom. The van der Waals surface area contributed by atoms with Gasteiger partial charge in [0.05, 0.1) is 24.1 Å². The van der Waals surface area contributed by atoms with Crippen LogP contribution >= 0.6 is 11.8 Å².